The topological polar surface area (TPSA) is 51.5 Å². The number of esters is 1. The van der Waals surface area contributed by atoms with Crippen molar-refractivity contribution < 1.29 is 14.6 Å². The second-order valence-corrected chi connectivity index (χ2v) is 4.94. The molecule has 102 valence electrons. The lowest BCUT2D eigenvalue weighted by molar-refractivity contribution is -0.141. The molecule has 1 aromatic carbocycles. The van der Waals surface area contributed by atoms with Crippen molar-refractivity contribution in [2.75, 3.05) is 7.11 Å². The number of fused-ring (bicyclic) bond motifs is 1. The number of benzene rings is 1. The number of hydrogen-bond donors (Lipinski definition) is 1. The molecule has 2 rings (SSSR count). The first kappa shape index (κ1) is 13.6. The third-order valence-corrected chi connectivity index (χ3v) is 3.33. The molecule has 19 heavy (non-hydrogen) atoms. The number of ether oxygens (including phenoxy) is 1. The van der Waals surface area contributed by atoms with E-state index in [2.05, 4.69) is 6.07 Å². The van der Waals surface area contributed by atoms with Gasteiger partial charge in [0, 0.05) is 22.7 Å². The lowest BCUT2D eigenvalue weighted by Crippen LogP contribution is -2.10. The average Bonchev–Trinajstić information content (AvgIpc) is 2.68. The standard InChI is InChI=1S/C15H19NO3/c1-9-5-10(2)15-12(11(3)17)7-16(13(15)6-9)8-14(18)19-4/h5-7,11,17H,8H2,1-4H3. The van der Waals surface area contributed by atoms with Gasteiger partial charge in [-0.05, 0) is 38.0 Å². The SMILES string of the molecule is COC(=O)Cn1cc(C(C)O)c2c(C)cc(C)cc21. The lowest BCUT2D eigenvalue weighted by Gasteiger charge is -2.06. The highest BCUT2D eigenvalue weighted by molar-refractivity contribution is 5.89. The van der Waals surface area contributed by atoms with Crippen molar-refractivity contribution in [2.24, 2.45) is 0 Å². The van der Waals surface area contributed by atoms with E-state index >= 15 is 0 Å². The largest absolute Gasteiger partial charge is 0.468 e. The van der Waals surface area contributed by atoms with Crippen LogP contribution < -0.4 is 0 Å². The molecule has 4 heteroatoms. The first-order valence-corrected chi connectivity index (χ1v) is 6.29. The molecule has 4 nitrogen and oxygen atoms in total. The van der Waals surface area contributed by atoms with Gasteiger partial charge in [0.25, 0.3) is 0 Å². The van der Waals surface area contributed by atoms with E-state index in [1.54, 1.807) is 6.92 Å². The van der Waals surface area contributed by atoms with E-state index in [1.807, 2.05) is 30.7 Å². The van der Waals surface area contributed by atoms with Crippen LogP contribution in [0.5, 0.6) is 0 Å². The minimum atomic E-state index is -0.567. The van der Waals surface area contributed by atoms with Crippen molar-refractivity contribution in [1.82, 2.24) is 4.57 Å². The lowest BCUT2D eigenvalue weighted by atomic mass is 10.0. The van der Waals surface area contributed by atoms with Crippen molar-refractivity contribution in [3.05, 3.63) is 35.0 Å². The molecule has 1 unspecified atom stereocenters. The molecule has 2 aromatic rings. The summed E-state index contributed by atoms with van der Waals surface area (Å²) in [6.07, 6.45) is 1.27. The third kappa shape index (κ3) is 2.49. The van der Waals surface area contributed by atoms with Crippen molar-refractivity contribution in [1.29, 1.82) is 0 Å². The zero-order chi connectivity index (χ0) is 14.2. The molecule has 1 heterocycles. The van der Waals surface area contributed by atoms with Crippen LogP contribution in [-0.4, -0.2) is 22.8 Å². The summed E-state index contributed by atoms with van der Waals surface area (Å²) in [5.74, 6) is -0.298. The summed E-state index contributed by atoms with van der Waals surface area (Å²) in [5.41, 5.74) is 4.04. The average molecular weight is 261 g/mol. The van der Waals surface area contributed by atoms with Gasteiger partial charge in [-0.3, -0.25) is 4.79 Å². The Morgan fingerprint density at radius 3 is 2.68 bits per heavy atom. The summed E-state index contributed by atoms with van der Waals surface area (Å²) in [4.78, 5) is 11.5. The van der Waals surface area contributed by atoms with E-state index in [0.717, 1.165) is 27.6 Å². The van der Waals surface area contributed by atoms with Crippen LogP contribution in [0.15, 0.2) is 18.3 Å². The van der Waals surface area contributed by atoms with Crippen molar-refractivity contribution in [3.63, 3.8) is 0 Å². The van der Waals surface area contributed by atoms with Crippen LogP contribution in [0.3, 0.4) is 0 Å². The molecule has 1 atom stereocenters. The Labute approximate surface area is 112 Å². The molecule has 1 aromatic heterocycles. The summed E-state index contributed by atoms with van der Waals surface area (Å²) >= 11 is 0. The second-order valence-electron chi connectivity index (χ2n) is 4.94. The van der Waals surface area contributed by atoms with Gasteiger partial charge < -0.3 is 14.4 Å². The number of nitrogens with zero attached hydrogens (tertiary/aromatic N) is 1. The molecular formula is C15H19NO3. The smallest absolute Gasteiger partial charge is 0.325 e. The molecule has 0 aliphatic heterocycles. The van der Waals surface area contributed by atoms with Gasteiger partial charge in [-0.1, -0.05) is 6.07 Å². The molecular weight excluding hydrogens is 242 g/mol. The van der Waals surface area contributed by atoms with E-state index in [4.69, 9.17) is 4.74 Å². The molecule has 1 N–H and O–H groups in total. The number of carbonyl (C=O) groups excluding carboxylic acids is 1. The van der Waals surface area contributed by atoms with Gasteiger partial charge in [-0.15, -0.1) is 0 Å². The maximum Gasteiger partial charge on any atom is 0.325 e. The maximum absolute atomic E-state index is 11.5. The van der Waals surface area contributed by atoms with Gasteiger partial charge in [0.2, 0.25) is 0 Å². The molecule has 0 aliphatic carbocycles. The summed E-state index contributed by atoms with van der Waals surface area (Å²) in [6, 6.07) is 4.11. The monoisotopic (exact) mass is 261 g/mol. The normalized spacial score (nSPS) is 12.7. The maximum atomic E-state index is 11.5. The van der Waals surface area contributed by atoms with Crippen LogP contribution in [-0.2, 0) is 16.1 Å². The van der Waals surface area contributed by atoms with Crippen LogP contribution in [0.2, 0.25) is 0 Å². The minimum absolute atomic E-state index is 0.155. The highest BCUT2D eigenvalue weighted by Crippen LogP contribution is 2.30. The first-order chi connectivity index (χ1) is 8.93. The Morgan fingerprint density at radius 2 is 2.11 bits per heavy atom. The fourth-order valence-corrected chi connectivity index (χ4v) is 2.50. The van der Waals surface area contributed by atoms with Gasteiger partial charge in [0.1, 0.15) is 6.54 Å². The minimum Gasteiger partial charge on any atom is -0.468 e. The summed E-state index contributed by atoms with van der Waals surface area (Å²) in [5, 5.41) is 10.9. The molecule has 0 spiro atoms. The van der Waals surface area contributed by atoms with E-state index in [-0.39, 0.29) is 12.5 Å². The van der Waals surface area contributed by atoms with Crippen LogP contribution in [0.1, 0.15) is 29.7 Å². The number of rotatable bonds is 3. The number of aliphatic hydroxyl groups excluding tert-OH is 1. The zero-order valence-corrected chi connectivity index (χ0v) is 11.7. The predicted octanol–water partition coefficient (Wildman–Crippen LogP) is 2.48. The predicted molar refractivity (Wildman–Crippen MR) is 74.1 cm³/mol. The highest BCUT2D eigenvalue weighted by Gasteiger charge is 2.16. The quantitative estimate of drug-likeness (QED) is 0.864. The van der Waals surface area contributed by atoms with E-state index in [9.17, 15) is 9.90 Å². The Balaban J connectivity index is 2.67. The van der Waals surface area contributed by atoms with Crippen molar-refractivity contribution in [3.8, 4) is 0 Å². The zero-order valence-electron chi connectivity index (χ0n) is 11.7. The van der Waals surface area contributed by atoms with Crippen molar-refractivity contribution >= 4 is 16.9 Å². The van der Waals surface area contributed by atoms with Gasteiger partial charge in [0.15, 0.2) is 0 Å². The molecule has 0 radical (unpaired) electrons. The van der Waals surface area contributed by atoms with Gasteiger partial charge in [-0.2, -0.15) is 0 Å². The Bertz CT molecular complexity index is 626. The van der Waals surface area contributed by atoms with Crippen molar-refractivity contribution in [2.45, 2.75) is 33.4 Å². The highest BCUT2D eigenvalue weighted by atomic mass is 16.5. The van der Waals surface area contributed by atoms with E-state index in [0.29, 0.717) is 0 Å². The van der Waals surface area contributed by atoms with Crippen LogP contribution >= 0.6 is 0 Å². The summed E-state index contributed by atoms with van der Waals surface area (Å²) in [6.45, 7) is 5.92. The molecule has 0 fully saturated rings. The van der Waals surface area contributed by atoms with Gasteiger partial charge in [-0.25, -0.2) is 0 Å². The Kier molecular flexibility index (Phi) is 3.62. The van der Waals surface area contributed by atoms with Crippen LogP contribution in [0.4, 0.5) is 0 Å². The fourth-order valence-electron chi connectivity index (χ4n) is 2.50. The molecule has 0 saturated carbocycles. The Hall–Kier alpha value is -1.81. The number of aromatic nitrogens is 1. The first-order valence-electron chi connectivity index (χ1n) is 6.29. The number of methoxy groups -OCH3 is 1. The van der Waals surface area contributed by atoms with Crippen LogP contribution in [0, 0.1) is 13.8 Å². The van der Waals surface area contributed by atoms with Crippen LogP contribution in [0.25, 0.3) is 10.9 Å². The van der Waals surface area contributed by atoms with Gasteiger partial charge in [0.05, 0.1) is 13.2 Å². The third-order valence-electron chi connectivity index (χ3n) is 3.33. The molecule has 0 saturated heterocycles. The number of aliphatic hydroxyl groups is 1. The molecule has 0 aliphatic rings. The van der Waals surface area contributed by atoms with E-state index in [1.165, 1.54) is 7.11 Å². The fraction of sp³-hybridized carbons (Fsp3) is 0.400. The number of aryl methyl sites for hydroxylation is 2. The summed E-state index contributed by atoms with van der Waals surface area (Å²) < 4.78 is 6.55. The van der Waals surface area contributed by atoms with E-state index < -0.39 is 6.10 Å². The molecule has 0 bridgehead atoms. The number of hydrogen-bond acceptors (Lipinski definition) is 3. The summed E-state index contributed by atoms with van der Waals surface area (Å²) in [7, 11) is 1.38. The van der Waals surface area contributed by atoms with Gasteiger partial charge >= 0.3 is 5.97 Å². The Morgan fingerprint density at radius 1 is 1.42 bits per heavy atom. The number of carbonyl (C=O) groups is 1. The second kappa shape index (κ2) is 5.05. The molecule has 0 amide bonds.